The maximum Gasteiger partial charge on any atom is 0.415 e. The molecule has 25 heavy (non-hydrogen) atoms. The molecule has 8 nitrogen and oxygen atoms in total. The summed E-state index contributed by atoms with van der Waals surface area (Å²) in [4.78, 5) is 36.3. The number of primary amides is 1. The second-order valence-electron chi connectivity index (χ2n) is 5.42. The van der Waals surface area contributed by atoms with E-state index in [0.717, 1.165) is 4.90 Å². The molecular formula is C14H12F3N3O5. The van der Waals surface area contributed by atoms with Crippen LogP contribution < -0.4 is 20.3 Å². The van der Waals surface area contributed by atoms with Crippen LogP contribution in [0.15, 0.2) is 18.2 Å². The first-order valence-corrected chi connectivity index (χ1v) is 7.07. The second-order valence-corrected chi connectivity index (χ2v) is 5.42. The summed E-state index contributed by atoms with van der Waals surface area (Å²) >= 11 is 0. The Bertz CT molecular complexity index is 752. The van der Waals surface area contributed by atoms with Gasteiger partial charge in [-0.2, -0.15) is 13.2 Å². The summed E-state index contributed by atoms with van der Waals surface area (Å²) in [6, 6.07) is 3.86. The van der Waals surface area contributed by atoms with Gasteiger partial charge in [0.2, 0.25) is 0 Å². The van der Waals surface area contributed by atoms with Crippen LogP contribution in [-0.2, 0) is 14.3 Å². The van der Waals surface area contributed by atoms with E-state index in [-0.39, 0.29) is 23.7 Å². The van der Waals surface area contributed by atoms with Crippen LogP contribution in [0.1, 0.15) is 0 Å². The first kappa shape index (κ1) is 16.9. The molecule has 1 atom stereocenters. The van der Waals surface area contributed by atoms with E-state index in [0.29, 0.717) is 4.90 Å². The van der Waals surface area contributed by atoms with E-state index in [9.17, 15) is 27.6 Å². The highest BCUT2D eigenvalue weighted by atomic mass is 19.4. The summed E-state index contributed by atoms with van der Waals surface area (Å²) in [7, 11) is 0. The van der Waals surface area contributed by atoms with Crippen molar-refractivity contribution in [1.82, 2.24) is 0 Å². The minimum Gasteiger partial charge on any atom is -0.481 e. The van der Waals surface area contributed by atoms with Crippen molar-refractivity contribution >= 4 is 29.3 Å². The molecule has 1 aromatic rings. The summed E-state index contributed by atoms with van der Waals surface area (Å²) in [5, 5.41) is 0. The number of halogens is 3. The lowest BCUT2D eigenvalue weighted by atomic mass is 10.2. The third-order valence-electron chi connectivity index (χ3n) is 3.66. The first-order chi connectivity index (χ1) is 11.7. The van der Waals surface area contributed by atoms with Crippen LogP contribution in [0.25, 0.3) is 0 Å². The molecule has 11 heteroatoms. The average Bonchev–Trinajstić information content (AvgIpc) is 2.91. The predicted octanol–water partition coefficient (Wildman–Crippen LogP) is 0.785. The van der Waals surface area contributed by atoms with Crippen molar-refractivity contribution < 1.29 is 37.0 Å². The number of nitrogens with zero attached hydrogens (tertiary/aromatic N) is 2. The summed E-state index contributed by atoms with van der Waals surface area (Å²) in [6.07, 6.45) is -6.51. The Labute approximate surface area is 138 Å². The van der Waals surface area contributed by atoms with Crippen molar-refractivity contribution in [1.29, 1.82) is 0 Å². The van der Waals surface area contributed by atoms with Gasteiger partial charge >= 0.3 is 12.3 Å². The lowest BCUT2D eigenvalue weighted by Crippen LogP contribution is -2.44. The zero-order valence-electron chi connectivity index (χ0n) is 12.6. The van der Waals surface area contributed by atoms with Crippen molar-refractivity contribution in [3.05, 3.63) is 18.2 Å². The van der Waals surface area contributed by atoms with Gasteiger partial charge in [-0.25, -0.2) is 4.79 Å². The number of anilines is 2. The number of nitrogens with two attached hydrogens (primary N) is 1. The Morgan fingerprint density at radius 3 is 2.64 bits per heavy atom. The van der Waals surface area contributed by atoms with E-state index in [1.165, 1.54) is 18.2 Å². The standard InChI is InChI=1S/C14H12F3N3O5/c15-14(16,17)6-20-8-2-1-7(3-9(8)24-5-11(20)21)19-4-10(12(18)22)25-13(19)23/h1-3,10H,4-6H2,(H2,18,22)/t10-/m1/s1. The van der Waals surface area contributed by atoms with E-state index in [1.54, 1.807) is 0 Å². The molecule has 2 aliphatic heterocycles. The van der Waals surface area contributed by atoms with Crippen LogP contribution in [-0.4, -0.2) is 49.9 Å². The predicted molar refractivity (Wildman–Crippen MR) is 77.2 cm³/mol. The van der Waals surface area contributed by atoms with Gasteiger partial charge in [-0.3, -0.25) is 19.4 Å². The molecule has 0 bridgehead atoms. The number of cyclic esters (lactones) is 1. The maximum atomic E-state index is 12.7. The topological polar surface area (TPSA) is 102 Å². The van der Waals surface area contributed by atoms with Crippen LogP contribution in [0.5, 0.6) is 5.75 Å². The molecule has 2 N–H and O–H groups in total. The summed E-state index contributed by atoms with van der Waals surface area (Å²) < 4.78 is 47.9. The lowest BCUT2D eigenvalue weighted by molar-refractivity contribution is -0.134. The molecule has 2 heterocycles. The van der Waals surface area contributed by atoms with Gasteiger partial charge in [0.25, 0.3) is 11.8 Å². The van der Waals surface area contributed by atoms with Gasteiger partial charge in [0.05, 0.1) is 17.9 Å². The molecule has 1 aromatic carbocycles. The van der Waals surface area contributed by atoms with Gasteiger partial charge in [0.15, 0.2) is 12.7 Å². The van der Waals surface area contributed by atoms with Crippen LogP contribution in [0.4, 0.5) is 29.3 Å². The van der Waals surface area contributed by atoms with Crippen molar-refractivity contribution in [3.8, 4) is 5.75 Å². The molecule has 0 unspecified atom stereocenters. The number of hydrogen-bond acceptors (Lipinski definition) is 5. The van der Waals surface area contributed by atoms with Gasteiger partial charge in [0, 0.05) is 6.07 Å². The number of fused-ring (bicyclic) bond motifs is 1. The molecule has 3 amide bonds. The van der Waals surface area contributed by atoms with Crippen molar-refractivity contribution in [3.63, 3.8) is 0 Å². The van der Waals surface area contributed by atoms with Gasteiger partial charge in [0.1, 0.15) is 12.3 Å². The highest BCUT2D eigenvalue weighted by Crippen LogP contribution is 2.37. The van der Waals surface area contributed by atoms with Gasteiger partial charge in [-0.05, 0) is 12.1 Å². The molecule has 1 saturated heterocycles. The Kier molecular flexibility index (Phi) is 3.93. The minimum atomic E-state index is -4.57. The van der Waals surface area contributed by atoms with E-state index in [1.807, 2.05) is 0 Å². The molecular weight excluding hydrogens is 347 g/mol. The number of hydrogen-bond donors (Lipinski definition) is 1. The molecule has 0 spiro atoms. The van der Waals surface area contributed by atoms with Crippen LogP contribution in [0.2, 0.25) is 0 Å². The van der Waals surface area contributed by atoms with E-state index in [2.05, 4.69) is 0 Å². The largest absolute Gasteiger partial charge is 0.481 e. The highest BCUT2D eigenvalue weighted by Gasteiger charge is 2.39. The monoisotopic (exact) mass is 359 g/mol. The Morgan fingerprint density at radius 2 is 2.04 bits per heavy atom. The van der Waals surface area contributed by atoms with Crippen molar-refractivity contribution in [2.45, 2.75) is 12.3 Å². The molecule has 1 fully saturated rings. The highest BCUT2D eigenvalue weighted by molar-refractivity contribution is 5.99. The number of ether oxygens (including phenoxy) is 2. The Morgan fingerprint density at radius 1 is 1.32 bits per heavy atom. The first-order valence-electron chi connectivity index (χ1n) is 7.07. The smallest absolute Gasteiger partial charge is 0.415 e. The van der Waals surface area contributed by atoms with Crippen molar-refractivity contribution in [2.24, 2.45) is 5.73 Å². The fourth-order valence-electron chi connectivity index (χ4n) is 2.54. The zero-order valence-corrected chi connectivity index (χ0v) is 12.6. The fraction of sp³-hybridized carbons (Fsp3) is 0.357. The van der Waals surface area contributed by atoms with Crippen molar-refractivity contribution in [2.75, 3.05) is 29.5 Å². The minimum absolute atomic E-state index is 0.0108. The molecule has 3 rings (SSSR count). The number of alkyl halides is 3. The quantitative estimate of drug-likeness (QED) is 0.859. The third kappa shape index (κ3) is 3.30. The Hall–Kier alpha value is -2.98. The number of carbonyl (C=O) groups excluding carboxylic acids is 3. The summed E-state index contributed by atoms with van der Waals surface area (Å²) in [5.41, 5.74) is 5.27. The third-order valence-corrected chi connectivity index (χ3v) is 3.66. The molecule has 134 valence electrons. The lowest BCUT2D eigenvalue weighted by Gasteiger charge is -2.30. The fourth-order valence-corrected chi connectivity index (χ4v) is 2.54. The van der Waals surface area contributed by atoms with Gasteiger partial charge in [-0.1, -0.05) is 0 Å². The summed E-state index contributed by atoms with van der Waals surface area (Å²) in [6.45, 7) is -2.13. The van der Waals surface area contributed by atoms with E-state index < -0.39 is 43.3 Å². The number of rotatable bonds is 3. The zero-order chi connectivity index (χ0) is 18.4. The number of amides is 3. The Balaban J connectivity index is 1.89. The molecule has 2 aliphatic rings. The number of benzene rings is 1. The molecule has 0 saturated carbocycles. The van der Waals surface area contributed by atoms with Gasteiger partial charge in [-0.15, -0.1) is 0 Å². The van der Waals surface area contributed by atoms with Crippen LogP contribution >= 0.6 is 0 Å². The number of carbonyl (C=O) groups is 3. The maximum absolute atomic E-state index is 12.7. The van der Waals surface area contributed by atoms with E-state index >= 15 is 0 Å². The van der Waals surface area contributed by atoms with Crippen LogP contribution in [0, 0.1) is 0 Å². The average molecular weight is 359 g/mol. The SMILES string of the molecule is NC(=O)[C@H]1CN(c2ccc3c(c2)OCC(=O)N3CC(F)(F)F)C(=O)O1. The second kappa shape index (κ2) is 5.83. The summed E-state index contributed by atoms with van der Waals surface area (Å²) in [5.74, 6) is -1.63. The van der Waals surface area contributed by atoms with E-state index in [4.69, 9.17) is 15.2 Å². The molecule has 0 aliphatic carbocycles. The normalized spacial score (nSPS) is 20.2. The van der Waals surface area contributed by atoms with Crippen LogP contribution in [0.3, 0.4) is 0 Å². The molecule has 0 aromatic heterocycles. The molecule has 0 radical (unpaired) electrons. The van der Waals surface area contributed by atoms with Gasteiger partial charge < -0.3 is 15.2 Å².